The third kappa shape index (κ3) is 4.27. The molecule has 0 unspecified atom stereocenters. The molecule has 1 aromatic carbocycles. The van der Waals surface area contributed by atoms with E-state index >= 15 is 0 Å². The van der Waals surface area contributed by atoms with E-state index < -0.39 is 0 Å². The first-order valence-electron chi connectivity index (χ1n) is 6.07. The molecule has 0 saturated carbocycles. The summed E-state index contributed by atoms with van der Waals surface area (Å²) in [5.74, 6) is 0.194. The Morgan fingerprint density at radius 1 is 1.53 bits per heavy atom. The van der Waals surface area contributed by atoms with Crippen LogP contribution in [0, 0.1) is 11.3 Å². The van der Waals surface area contributed by atoms with Crippen LogP contribution < -0.4 is 10.5 Å². The van der Waals surface area contributed by atoms with Crippen LogP contribution in [0.4, 0.5) is 0 Å². The predicted octanol–water partition coefficient (Wildman–Crippen LogP) is 1.26. The molecule has 102 valence electrons. The standard InChI is InChI=1S/C14H19N3O2/c1-10(2)17(9-14(16)18)8-11-4-5-13(19-3)12(6-11)7-15/h4-6,10H,8-9H2,1-3H3,(H2,16,18). The van der Waals surface area contributed by atoms with Crippen molar-refractivity contribution in [1.29, 1.82) is 5.26 Å². The van der Waals surface area contributed by atoms with Crippen LogP contribution in [0.2, 0.25) is 0 Å². The van der Waals surface area contributed by atoms with Gasteiger partial charge in [-0.3, -0.25) is 9.69 Å². The van der Waals surface area contributed by atoms with Gasteiger partial charge in [0.15, 0.2) is 0 Å². The number of rotatable bonds is 6. The van der Waals surface area contributed by atoms with Crippen molar-refractivity contribution >= 4 is 5.91 Å². The summed E-state index contributed by atoms with van der Waals surface area (Å²) in [7, 11) is 1.53. The number of nitrogens with two attached hydrogens (primary N) is 1. The summed E-state index contributed by atoms with van der Waals surface area (Å²) < 4.78 is 5.10. The fourth-order valence-electron chi connectivity index (χ4n) is 1.80. The Morgan fingerprint density at radius 2 is 2.21 bits per heavy atom. The van der Waals surface area contributed by atoms with Crippen LogP contribution in [-0.4, -0.2) is 30.5 Å². The van der Waals surface area contributed by atoms with Crippen molar-refractivity contribution in [2.24, 2.45) is 5.73 Å². The molecule has 0 fully saturated rings. The molecule has 0 spiro atoms. The molecule has 19 heavy (non-hydrogen) atoms. The zero-order valence-corrected chi connectivity index (χ0v) is 11.5. The Labute approximate surface area is 113 Å². The average Bonchev–Trinajstić information content (AvgIpc) is 2.37. The number of methoxy groups -OCH3 is 1. The van der Waals surface area contributed by atoms with E-state index in [1.165, 1.54) is 7.11 Å². The summed E-state index contributed by atoms with van der Waals surface area (Å²) in [6.07, 6.45) is 0. The second-order valence-corrected chi connectivity index (χ2v) is 4.61. The van der Waals surface area contributed by atoms with Crippen molar-refractivity contribution < 1.29 is 9.53 Å². The minimum atomic E-state index is -0.359. The van der Waals surface area contributed by atoms with Crippen molar-refractivity contribution in [2.75, 3.05) is 13.7 Å². The summed E-state index contributed by atoms with van der Waals surface area (Å²) >= 11 is 0. The number of ether oxygens (including phenoxy) is 1. The van der Waals surface area contributed by atoms with E-state index in [2.05, 4.69) is 6.07 Å². The molecule has 1 aromatic rings. The van der Waals surface area contributed by atoms with Gasteiger partial charge in [-0.05, 0) is 31.5 Å². The van der Waals surface area contributed by atoms with Crippen LogP contribution in [0.1, 0.15) is 25.0 Å². The molecule has 0 aromatic heterocycles. The smallest absolute Gasteiger partial charge is 0.231 e. The van der Waals surface area contributed by atoms with E-state index in [4.69, 9.17) is 15.7 Å². The number of hydrogen-bond acceptors (Lipinski definition) is 4. The molecule has 0 saturated heterocycles. The highest BCUT2D eigenvalue weighted by molar-refractivity contribution is 5.75. The van der Waals surface area contributed by atoms with Crippen LogP contribution >= 0.6 is 0 Å². The lowest BCUT2D eigenvalue weighted by atomic mass is 10.1. The van der Waals surface area contributed by atoms with Crippen LogP contribution in [0.25, 0.3) is 0 Å². The van der Waals surface area contributed by atoms with Gasteiger partial charge < -0.3 is 10.5 Å². The lowest BCUT2D eigenvalue weighted by Gasteiger charge is -2.25. The maximum Gasteiger partial charge on any atom is 0.231 e. The molecule has 0 aliphatic heterocycles. The van der Waals surface area contributed by atoms with Gasteiger partial charge in [-0.1, -0.05) is 6.07 Å². The molecule has 2 N–H and O–H groups in total. The number of carbonyl (C=O) groups is 1. The van der Waals surface area contributed by atoms with E-state index in [-0.39, 0.29) is 18.5 Å². The first-order chi connectivity index (χ1) is 8.97. The third-order valence-corrected chi connectivity index (χ3v) is 2.86. The topological polar surface area (TPSA) is 79.3 Å². The molecule has 5 nitrogen and oxygen atoms in total. The van der Waals surface area contributed by atoms with Gasteiger partial charge in [0.05, 0.1) is 19.2 Å². The maximum atomic E-state index is 11.0. The number of hydrogen-bond donors (Lipinski definition) is 1. The normalized spacial score (nSPS) is 10.5. The zero-order chi connectivity index (χ0) is 14.4. The zero-order valence-electron chi connectivity index (χ0n) is 11.5. The highest BCUT2D eigenvalue weighted by Crippen LogP contribution is 2.20. The summed E-state index contributed by atoms with van der Waals surface area (Å²) in [5.41, 5.74) is 6.67. The van der Waals surface area contributed by atoms with Gasteiger partial charge in [-0.25, -0.2) is 0 Å². The quantitative estimate of drug-likeness (QED) is 0.836. The van der Waals surface area contributed by atoms with Crippen LogP contribution in [0.15, 0.2) is 18.2 Å². The molecule has 1 amide bonds. The van der Waals surface area contributed by atoms with Gasteiger partial charge in [0.25, 0.3) is 0 Å². The molecule has 0 aliphatic carbocycles. The fraction of sp³-hybridized carbons (Fsp3) is 0.429. The Kier molecular flexibility index (Phi) is 5.34. The van der Waals surface area contributed by atoms with E-state index in [0.29, 0.717) is 17.9 Å². The van der Waals surface area contributed by atoms with Crippen molar-refractivity contribution in [2.45, 2.75) is 26.4 Å². The Morgan fingerprint density at radius 3 is 2.68 bits per heavy atom. The molecule has 1 rings (SSSR count). The lowest BCUT2D eigenvalue weighted by Crippen LogP contribution is -2.37. The maximum absolute atomic E-state index is 11.0. The van der Waals surface area contributed by atoms with Gasteiger partial charge in [-0.2, -0.15) is 5.26 Å². The monoisotopic (exact) mass is 261 g/mol. The summed E-state index contributed by atoms with van der Waals surface area (Å²) in [5, 5.41) is 9.04. The number of amides is 1. The number of carbonyl (C=O) groups excluding carboxylic acids is 1. The van der Waals surface area contributed by atoms with Gasteiger partial charge in [-0.15, -0.1) is 0 Å². The number of primary amides is 1. The first-order valence-corrected chi connectivity index (χ1v) is 6.07. The van der Waals surface area contributed by atoms with Crippen LogP contribution in [0.5, 0.6) is 5.75 Å². The van der Waals surface area contributed by atoms with Gasteiger partial charge in [0.1, 0.15) is 11.8 Å². The predicted molar refractivity (Wildman–Crippen MR) is 72.4 cm³/mol. The Hall–Kier alpha value is -2.06. The summed E-state index contributed by atoms with van der Waals surface area (Å²) in [6.45, 7) is 4.76. The first kappa shape index (κ1) is 15.0. The molecule has 0 bridgehead atoms. The fourth-order valence-corrected chi connectivity index (χ4v) is 1.80. The Bertz CT molecular complexity index is 492. The number of benzene rings is 1. The van der Waals surface area contributed by atoms with E-state index in [9.17, 15) is 4.79 Å². The molecule has 0 heterocycles. The summed E-state index contributed by atoms with van der Waals surface area (Å²) in [4.78, 5) is 13.0. The molecule has 5 heteroatoms. The second-order valence-electron chi connectivity index (χ2n) is 4.61. The Balaban J connectivity index is 2.91. The van der Waals surface area contributed by atoms with Crippen LogP contribution in [0.3, 0.4) is 0 Å². The molecule has 0 atom stereocenters. The van der Waals surface area contributed by atoms with E-state index in [1.807, 2.05) is 24.8 Å². The van der Waals surface area contributed by atoms with Gasteiger partial charge in [0.2, 0.25) is 5.91 Å². The van der Waals surface area contributed by atoms with Crippen molar-refractivity contribution in [1.82, 2.24) is 4.90 Å². The minimum Gasteiger partial charge on any atom is -0.495 e. The largest absolute Gasteiger partial charge is 0.495 e. The van der Waals surface area contributed by atoms with E-state index in [1.54, 1.807) is 12.1 Å². The SMILES string of the molecule is COc1ccc(CN(CC(N)=O)C(C)C)cc1C#N. The molecular weight excluding hydrogens is 242 g/mol. The molecular formula is C14H19N3O2. The van der Waals surface area contributed by atoms with E-state index in [0.717, 1.165) is 5.56 Å². The minimum absolute atomic E-state index is 0.195. The highest BCUT2D eigenvalue weighted by Gasteiger charge is 2.13. The van der Waals surface area contributed by atoms with Crippen molar-refractivity contribution in [3.05, 3.63) is 29.3 Å². The van der Waals surface area contributed by atoms with Crippen molar-refractivity contribution in [3.63, 3.8) is 0 Å². The highest BCUT2D eigenvalue weighted by atomic mass is 16.5. The molecule has 0 aliphatic rings. The number of nitriles is 1. The van der Waals surface area contributed by atoms with Crippen LogP contribution in [-0.2, 0) is 11.3 Å². The van der Waals surface area contributed by atoms with Crippen molar-refractivity contribution in [3.8, 4) is 11.8 Å². The third-order valence-electron chi connectivity index (χ3n) is 2.86. The lowest BCUT2D eigenvalue weighted by molar-refractivity contribution is -0.119. The van der Waals surface area contributed by atoms with Gasteiger partial charge >= 0.3 is 0 Å². The number of nitrogens with zero attached hydrogens (tertiary/aromatic N) is 2. The average molecular weight is 261 g/mol. The van der Waals surface area contributed by atoms with Gasteiger partial charge in [0, 0.05) is 12.6 Å². The second kappa shape index (κ2) is 6.76. The molecule has 0 radical (unpaired) electrons. The summed E-state index contributed by atoms with van der Waals surface area (Å²) in [6, 6.07) is 7.71.